The van der Waals surface area contributed by atoms with E-state index in [4.69, 9.17) is 4.74 Å². The third kappa shape index (κ3) is 1.55. The van der Waals surface area contributed by atoms with Crippen LogP contribution in [0.15, 0.2) is 18.2 Å². The molecule has 3 rings (SSSR count). The van der Waals surface area contributed by atoms with Crippen LogP contribution in [-0.2, 0) is 16.7 Å². The largest absolute Gasteiger partial charge is 0.378 e. The fourth-order valence-electron chi connectivity index (χ4n) is 2.94. The number of nitrogens with one attached hydrogen (secondary N) is 1. The van der Waals surface area contributed by atoms with Crippen LogP contribution in [0.3, 0.4) is 0 Å². The maximum absolute atomic E-state index is 13.2. The summed E-state index contributed by atoms with van der Waals surface area (Å²) in [7, 11) is 0. The Hall–Kier alpha value is -0.930. The van der Waals surface area contributed by atoms with Crippen LogP contribution in [0.5, 0.6) is 0 Å². The van der Waals surface area contributed by atoms with Gasteiger partial charge in [-0.3, -0.25) is 0 Å². The van der Waals surface area contributed by atoms with E-state index in [2.05, 4.69) is 5.32 Å². The average molecular weight is 221 g/mol. The highest BCUT2D eigenvalue weighted by Gasteiger charge is 2.38. The highest BCUT2D eigenvalue weighted by molar-refractivity contribution is 5.37. The van der Waals surface area contributed by atoms with Gasteiger partial charge >= 0.3 is 0 Å². The summed E-state index contributed by atoms with van der Waals surface area (Å²) < 4.78 is 18.8. The van der Waals surface area contributed by atoms with E-state index < -0.39 is 0 Å². The van der Waals surface area contributed by atoms with Crippen molar-refractivity contribution in [3.05, 3.63) is 35.1 Å². The highest BCUT2D eigenvalue weighted by Crippen LogP contribution is 2.36. The molecule has 1 atom stereocenters. The molecule has 1 aliphatic carbocycles. The fourth-order valence-corrected chi connectivity index (χ4v) is 2.94. The van der Waals surface area contributed by atoms with Crippen molar-refractivity contribution in [1.82, 2.24) is 5.32 Å². The number of hydrogen-bond acceptors (Lipinski definition) is 2. The van der Waals surface area contributed by atoms with Crippen LogP contribution in [0.4, 0.5) is 4.39 Å². The molecule has 1 heterocycles. The smallest absolute Gasteiger partial charge is 0.123 e. The molecule has 0 radical (unpaired) electrons. The molecule has 16 heavy (non-hydrogen) atoms. The van der Waals surface area contributed by atoms with Gasteiger partial charge in [-0.05, 0) is 42.5 Å². The van der Waals surface area contributed by atoms with E-state index in [9.17, 15) is 4.39 Å². The number of aryl methyl sites for hydroxylation is 1. The molecule has 2 nitrogen and oxygen atoms in total. The summed E-state index contributed by atoms with van der Waals surface area (Å²) in [6.07, 6.45) is 3.18. The first-order valence-corrected chi connectivity index (χ1v) is 5.92. The second-order valence-electron chi connectivity index (χ2n) is 4.72. The predicted octanol–water partition coefficient (Wildman–Crippen LogP) is 1.98. The lowest BCUT2D eigenvalue weighted by Gasteiger charge is -2.42. The first-order chi connectivity index (χ1) is 7.80. The van der Waals surface area contributed by atoms with Gasteiger partial charge in [0.15, 0.2) is 0 Å². The molecule has 1 aromatic carbocycles. The Morgan fingerprint density at radius 2 is 2.31 bits per heavy atom. The van der Waals surface area contributed by atoms with Crippen molar-refractivity contribution in [3.8, 4) is 0 Å². The van der Waals surface area contributed by atoms with Crippen molar-refractivity contribution in [2.24, 2.45) is 0 Å². The number of benzene rings is 1. The number of halogens is 1. The minimum atomic E-state index is -0.132. The van der Waals surface area contributed by atoms with Crippen LogP contribution in [0, 0.1) is 5.82 Å². The van der Waals surface area contributed by atoms with Crippen LogP contribution in [0.25, 0.3) is 0 Å². The molecule has 1 aliphatic heterocycles. The standard InChI is InChI=1S/C13H16FNO/c14-11-3-4-12-10(8-11)2-1-5-13(12)9-16-7-6-15-13/h3-4,8,15H,1-2,5-7,9H2/t13-/m1/s1. The summed E-state index contributed by atoms with van der Waals surface area (Å²) >= 11 is 0. The average Bonchev–Trinajstić information content (AvgIpc) is 2.30. The molecule has 0 aromatic heterocycles. The van der Waals surface area contributed by atoms with Gasteiger partial charge in [0.25, 0.3) is 0 Å². The minimum absolute atomic E-state index is 0.0560. The number of rotatable bonds is 0. The van der Waals surface area contributed by atoms with E-state index in [0.29, 0.717) is 6.61 Å². The number of morpholine rings is 1. The second kappa shape index (κ2) is 3.82. The summed E-state index contributed by atoms with van der Waals surface area (Å²) in [5.74, 6) is -0.132. The van der Waals surface area contributed by atoms with Crippen LogP contribution in [-0.4, -0.2) is 19.8 Å². The molecular formula is C13H16FNO. The Kier molecular flexibility index (Phi) is 2.45. The van der Waals surface area contributed by atoms with Crippen molar-refractivity contribution in [1.29, 1.82) is 0 Å². The zero-order valence-electron chi connectivity index (χ0n) is 9.26. The normalized spacial score (nSPS) is 29.1. The van der Waals surface area contributed by atoms with Crippen LogP contribution in [0.1, 0.15) is 24.0 Å². The van der Waals surface area contributed by atoms with Gasteiger partial charge < -0.3 is 10.1 Å². The first kappa shape index (κ1) is 10.2. The van der Waals surface area contributed by atoms with Crippen molar-refractivity contribution < 1.29 is 9.13 Å². The van der Waals surface area contributed by atoms with E-state index in [1.165, 1.54) is 5.56 Å². The van der Waals surface area contributed by atoms with E-state index >= 15 is 0 Å². The Morgan fingerprint density at radius 3 is 3.12 bits per heavy atom. The Balaban J connectivity index is 2.04. The van der Waals surface area contributed by atoms with E-state index in [1.807, 2.05) is 6.07 Å². The van der Waals surface area contributed by atoms with Crippen molar-refractivity contribution in [2.75, 3.05) is 19.8 Å². The molecule has 1 fully saturated rings. The maximum atomic E-state index is 13.2. The van der Waals surface area contributed by atoms with Crippen molar-refractivity contribution >= 4 is 0 Å². The van der Waals surface area contributed by atoms with Gasteiger partial charge in [-0.2, -0.15) is 0 Å². The summed E-state index contributed by atoms with van der Waals surface area (Å²) in [6.45, 7) is 2.38. The summed E-state index contributed by atoms with van der Waals surface area (Å²) in [6, 6.07) is 5.15. The number of ether oxygens (including phenoxy) is 1. The fraction of sp³-hybridized carbons (Fsp3) is 0.538. The van der Waals surface area contributed by atoms with Gasteiger partial charge in [-0.1, -0.05) is 6.07 Å². The predicted molar refractivity (Wildman–Crippen MR) is 59.8 cm³/mol. The van der Waals surface area contributed by atoms with Gasteiger partial charge in [0, 0.05) is 6.54 Å². The topological polar surface area (TPSA) is 21.3 Å². The molecule has 3 heteroatoms. The molecule has 1 N–H and O–H groups in total. The van der Waals surface area contributed by atoms with Gasteiger partial charge in [0.05, 0.1) is 18.8 Å². The molecular weight excluding hydrogens is 205 g/mol. The van der Waals surface area contributed by atoms with Gasteiger partial charge in [-0.15, -0.1) is 0 Å². The summed E-state index contributed by atoms with van der Waals surface area (Å²) in [5.41, 5.74) is 2.32. The lowest BCUT2D eigenvalue weighted by Crippen LogP contribution is -2.53. The summed E-state index contributed by atoms with van der Waals surface area (Å²) in [4.78, 5) is 0. The monoisotopic (exact) mass is 221 g/mol. The van der Waals surface area contributed by atoms with E-state index in [1.54, 1.807) is 12.1 Å². The van der Waals surface area contributed by atoms with E-state index in [-0.39, 0.29) is 11.4 Å². The molecule has 0 amide bonds. The molecule has 1 saturated heterocycles. The third-order valence-corrected chi connectivity index (χ3v) is 3.69. The van der Waals surface area contributed by atoms with Gasteiger partial charge in [0.1, 0.15) is 5.82 Å². The zero-order chi connectivity index (χ0) is 11.0. The Morgan fingerprint density at radius 1 is 1.38 bits per heavy atom. The number of hydrogen-bond donors (Lipinski definition) is 1. The van der Waals surface area contributed by atoms with Crippen molar-refractivity contribution in [2.45, 2.75) is 24.8 Å². The lowest BCUT2D eigenvalue weighted by atomic mass is 9.76. The Labute approximate surface area is 94.8 Å². The maximum Gasteiger partial charge on any atom is 0.123 e. The second-order valence-corrected chi connectivity index (χ2v) is 4.72. The Bertz CT molecular complexity index is 399. The molecule has 0 bridgehead atoms. The third-order valence-electron chi connectivity index (χ3n) is 3.69. The molecule has 2 aliphatic rings. The van der Waals surface area contributed by atoms with Crippen LogP contribution in [0.2, 0.25) is 0 Å². The van der Waals surface area contributed by atoms with Crippen molar-refractivity contribution in [3.63, 3.8) is 0 Å². The molecule has 1 aromatic rings. The molecule has 86 valence electrons. The number of fused-ring (bicyclic) bond motifs is 2. The molecule has 0 unspecified atom stereocenters. The summed E-state index contributed by atoms with van der Waals surface area (Å²) in [5, 5.41) is 3.56. The lowest BCUT2D eigenvalue weighted by molar-refractivity contribution is 0.0169. The van der Waals surface area contributed by atoms with Gasteiger partial charge in [0.2, 0.25) is 0 Å². The zero-order valence-corrected chi connectivity index (χ0v) is 9.26. The van der Waals surface area contributed by atoms with Crippen LogP contribution >= 0.6 is 0 Å². The SMILES string of the molecule is Fc1ccc2c(c1)CCC[C@@]21COCCN1. The minimum Gasteiger partial charge on any atom is -0.378 e. The first-order valence-electron chi connectivity index (χ1n) is 5.92. The van der Waals surface area contributed by atoms with E-state index in [0.717, 1.165) is 38.0 Å². The quantitative estimate of drug-likeness (QED) is 0.723. The highest BCUT2D eigenvalue weighted by atomic mass is 19.1. The molecule has 0 saturated carbocycles. The molecule has 1 spiro atoms. The van der Waals surface area contributed by atoms with Crippen LogP contribution < -0.4 is 5.32 Å². The van der Waals surface area contributed by atoms with Gasteiger partial charge in [-0.25, -0.2) is 4.39 Å².